The van der Waals surface area contributed by atoms with Gasteiger partial charge in [-0.05, 0) is 34.1 Å². The quantitative estimate of drug-likeness (QED) is 0.742. The number of anilines is 2. The van der Waals surface area contributed by atoms with Crippen molar-refractivity contribution in [2.24, 2.45) is 0 Å². The Morgan fingerprint density at radius 2 is 1.95 bits per heavy atom. The number of halogens is 5. The third-order valence-corrected chi connectivity index (χ3v) is 3.34. The molecular formula is C13H10BrClF3N3. The van der Waals surface area contributed by atoms with E-state index in [1.54, 1.807) is 6.07 Å². The van der Waals surface area contributed by atoms with E-state index in [1.165, 1.54) is 6.07 Å². The number of nitrogens with one attached hydrogen (secondary N) is 1. The molecule has 0 aliphatic carbocycles. The van der Waals surface area contributed by atoms with Crippen LogP contribution in [0.3, 0.4) is 0 Å². The third kappa shape index (κ3) is 4.07. The summed E-state index contributed by atoms with van der Waals surface area (Å²) in [4.78, 5) is 8.37. The molecule has 0 atom stereocenters. The van der Waals surface area contributed by atoms with Gasteiger partial charge in [0.25, 0.3) is 0 Å². The van der Waals surface area contributed by atoms with Gasteiger partial charge in [0.15, 0.2) is 0 Å². The molecule has 8 heteroatoms. The highest BCUT2D eigenvalue weighted by atomic mass is 79.9. The average molecular weight is 381 g/mol. The van der Waals surface area contributed by atoms with Gasteiger partial charge in [0.1, 0.15) is 16.2 Å². The highest BCUT2D eigenvalue weighted by molar-refractivity contribution is 9.10. The van der Waals surface area contributed by atoms with E-state index >= 15 is 0 Å². The molecule has 0 saturated carbocycles. The summed E-state index contributed by atoms with van der Waals surface area (Å²) in [6, 6.07) is 4.73. The Balaban J connectivity index is 2.30. The van der Waals surface area contributed by atoms with E-state index in [-0.39, 0.29) is 5.02 Å². The minimum absolute atomic E-state index is 0.0300. The molecule has 2 aromatic rings. The molecule has 0 aliphatic rings. The lowest BCUT2D eigenvalue weighted by Crippen LogP contribution is -2.05. The van der Waals surface area contributed by atoms with Crippen LogP contribution in [0.2, 0.25) is 5.02 Å². The lowest BCUT2D eigenvalue weighted by atomic mass is 10.2. The highest BCUT2D eigenvalue weighted by Gasteiger charge is 2.30. The van der Waals surface area contributed by atoms with Crippen LogP contribution < -0.4 is 5.32 Å². The minimum atomic E-state index is -4.42. The number of alkyl halides is 3. The fourth-order valence-electron chi connectivity index (χ4n) is 1.62. The lowest BCUT2D eigenvalue weighted by Gasteiger charge is -2.12. The van der Waals surface area contributed by atoms with Crippen molar-refractivity contribution in [2.45, 2.75) is 19.5 Å². The molecule has 0 radical (unpaired) electrons. The van der Waals surface area contributed by atoms with Crippen LogP contribution in [-0.2, 0) is 12.6 Å². The first kappa shape index (κ1) is 16.0. The Morgan fingerprint density at radius 1 is 1.24 bits per heavy atom. The van der Waals surface area contributed by atoms with E-state index < -0.39 is 11.7 Å². The summed E-state index contributed by atoms with van der Waals surface area (Å²) in [6.07, 6.45) is -3.79. The van der Waals surface area contributed by atoms with Gasteiger partial charge in [-0.3, -0.25) is 0 Å². The maximum absolute atomic E-state index is 12.6. The van der Waals surface area contributed by atoms with E-state index in [0.29, 0.717) is 28.4 Å². The molecule has 1 aromatic carbocycles. The topological polar surface area (TPSA) is 37.8 Å². The molecule has 1 heterocycles. The number of hydrogen-bond donors (Lipinski definition) is 1. The first-order valence-electron chi connectivity index (χ1n) is 5.97. The van der Waals surface area contributed by atoms with Crippen molar-refractivity contribution in [3.8, 4) is 0 Å². The zero-order chi connectivity index (χ0) is 15.6. The van der Waals surface area contributed by atoms with Crippen molar-refractivity contribution in [3.63, 3.8) is 0 Å². The van der Waals surface area contributed by atoms with E-state index in [1.807, 2.05) is 6.92 Å². The molecule has 0 fully saturated rings. The van der Waals surface area contributed by atoms with Gasteiger partial charge in [-0.2, -0.15) is 13.2 Å². The maximum atomic E-state index is 12.6. The highest BCUT2D eigenvalue weighted by Crippen LogP contribution is 2.34. The van der Waals surface area contributed by atoms with Gasteiger partial charge >= 0.3 is 6.18 Å². The van der Waals surface area contributed by atoms with Crippen LogP contribution in [0.25, 0.3) is 0 Å². The molecule has 112 valence electrons. The summed E-state index contributed by atoms with van der Waals surface area (Å²) < 4.78 is 38.3. The van der Waals surface area contributed by atoms with Gasteiger partial charge < -0.3 is 5.32 Å². The van der Waals surface area contributed by atoms with Crippen molar-refractivity contribution >= 4 is 39.0 Å². The SMILES string of the molecule is CCc1nc(Br)cc(Nc2ccc(C(F)(F)F)cc2Cl)n1. The Bertz CT molecular complexity index is 662. The fourth-order valence-corrected chi connectivity index (χ4v) is 2.27. The van der Waals surface area contributed by atoms with Crippen molar-refractivity contribution in [1.82, 2.24) is 9.97 Å². The predicted molar refractivity (Wildman–Crippen MR) is 78.8 cm³/mol. The Morgan fingerprint density at radius 3 is 2.52 bits per heavy atom. The van der Waals surface area contributed by atoms with Gasteiger partial charge in [-0.15, -0.1) is 0 Å². The van der Waals surface area contributed by atoms with Crippen LogP contribution in [0.5, 0.6) is 0 Å². The summed E-state index contributed by atoms with van der Waals surface area (Å²) in [5.74, 6) is 1.06. The van der Waals surface area contributed by atoms with Gasteiger partial charge in [-0.1, -0.05) is 18.5 Å². The zero-order valence-electron chi connectivity index (χ0n) is 10.8. The van der Waals surface area contributed by atoms with Gasteiger partial charge in [-0.25, -0.2) is 9.97 Å². The smallest absolute Gasteiger partial charge is 0.339 e. The molecule has 21 heavy (non-hydrogen) atoms. The summed E-state index contributed by atoms with van der Waals surface area (Å²) in [7, 11) is 0. The van der Waals surface area contributed by atoms with Crippen molar-refractivity contribution in [2.75, 3.05) is 5.32 Å². The number of aromatic nitrogens is 2. The lowest BCUT2D eigenvalue weighted by molar-refractivity contribution is -0.137. The second-order valence-electron chi connectivity index (χ2n) is 4.16. The van der Waals surface area contributed by atoms with Crippen LogP contribution >= 0.6 is 27.5 Å². The Labute approximate surface area is 132 Å². The molecule has 3 nitrogen and oxygen atoms in total. The second kappa shape index (κ2) is 6.19. The molecule has 1 N–H and O–H groups in total. The van der Waals surface area contributed by atoms with Crippen LogP contribution in [0, 0.1) is 0 Å². The first-order valence-corrected chi connectivity index (χ1v) is 7.14. The molecule has 0 bridgehead atoms. The van der Waals surface area contributed by atoms with E-state index in [2.05, 4.69) is 31.2 Å². The van der Waals surface area contributed by atoms with Crippen LogP contribution in [-0.4, -0.2) is 9.97 Å². The van der Waals surface area contributed by atoms with Gasteiger partial charge in [0.05, 0.1) is 16.3 Å². The second-order valence-corrected chi connectivity index (χ2v) is 5.38. The van der Waals surface area contributed by atoms with Crippen LogP contribution in [0.1, 0.15) is 18.3 Å². The molecule has 0 unspecified atom stereocenters. The number of nitrogens with zero attached hydrogens (tertiary/aromatic N) is 2. The Hall–Kier alpha value is -1.34. The van der Waals surface area contributed by atoms with Crippen LogP contribution in [0.15, 0.2) is 28.9 Å². The zero-order valence-corrected chi connectivity index (χ0v) is 13.1. The number of aryl methyl sites for hydroxylation is 1. The largest absolute Gasteiger partial charge is 0.416 e. The van der Waals surface area contributed by atoms with Crippen LogP contribution in [0.4, 0.5) is 24.7 Å². The maximum Gasteiger partial charge on any atom is 0.416 e. The Kier molecular flexibility index (Phi) is 4.73. The van der Waals surface area contributed by atoms with Crippen molar-refractivity contribution in [3.05, 3.63) is 45.3 Å². The van der Waals surface area contributed by atoms with Crippen molar-refractivity contribution in [1.29, 1.82) is 0 Å². The van der Waals surface area contributed by atoms with Gasteiger partial charge in [0, 0.05) is 12.5 Å². The fraction of sp³-hybridized carbons (Fsp3) is 0.231. The predicted octanol–water partition coefficient (Wildman–Crippen LogP) is 5.22. The third-order valence-electron chi connectivity index (χ3n) is 2.62. The van der Waals surface area contributed by atoms with E-state index in [0.717, 1.165) is 12.1 Å². The van der Waals surface area contributed by atoms with Crippen molar-refractivity contribution < 1.29 is 13.2 Å². The molecule has 0 spiro atoms. The summed E-state index contributed by atoms with van der Waals surface area (Å²) >= 11 is 9.13. The van der Waals surface area contributed by atoms with E-state index in [4.69, 9.17) is 11.6 Å². The summed E-state index contributed by atoms with van der Waals surface area (Å²) in [5, 5.41) is 2.86. The first-order chi connectivity index (χ1) is 9.79. The monoisotopic (exact) mass is 379 g/mol. The average Bonchev–Trinajstić information content (AvgIpc) is 2.39. The molecule has 2 rings (SSSR count). The minimum Gasteiger partial charge on any atom is -0.339 e. The summed E-state index contributed by atoms with van der Waals surface area (Å²) in [5.41, 5.74) is -0.450. The standard InChI is InChI=1S/C13H10BrClF3N3/c1-2-11-20-10(14)6-12(21-11)19-9-4-3-7(5-8(9)15)13(16,17)18/h3-6H,2H2,1H3,(H,19,20,21). The number of hydrogen-bond acceptors (Lipinski definition) is 3. The number of benzene rings is 1. The normalized spacial score (nSPS) is 11.5. The number of rotatable bonds is 3. The van der Waals surface area contributed by atoms with E-state index in [9.17, 15) is 13.2 Å². The molecule has 0 amide bonds. The molecule has 0 saturated heterocycles. The molecule has 0 aliphatic heterocycles. The molecule has 1 aromatic heterocycles. The van der Waals surface area contributed by atoms with Gasteiger partial charge in [0.2, 0.25) is 0 Å². The summed E-state index contributed by atoms with van der Waals surface area (Å²) in [6.45, 7) is 1.90. The molecular weight excluding hydrogens is 371 g/mol.